The molecule has 1 aliphatic rings. The van der Waals surface area contributed by atoms with Crippen LogP contribution in [0.4, 0.5) is 4.79 Å². The molecule has 0 radical (unpaired) electrons. The van der Waals surface area contributed by atoms with Crippen molar-refractivity contribution in [2.24, 2.45) is 0 Å². The molecule has 6 nitrogen and oxygen atoms in total. The number of barbiturate groups is 1. The molecule has 2 aromatic rings. The number of benzene rings is 1. The third-order valence-corrected chi connectivity index (χ3v) is 3.79. The summed E-state index contributed by atoms with van der Waals surface area (Å²) in [4.78, 5) is 37.2. The van der Waals surface area contributed by atoms with Gasteiger partial charge in [0.15, 0.2) is 0 Å². The van der Waals surface area contributed by atoms with Crippen molar-refractivity contribution < 1.29 is 18.8 Å². The van der Waals surface area contributed by atoms with E-state index in [2.05, 4.69) is 21.2 Å². The maximum absolute atomic E-state index is 12.5. The summed E-state index contributed by atoms with van der Waals surface area (Å²) in [6.45, 7) is -0.0391. The molecule has 1 aromatic heterocycles. The predicted molar refractivity (Wildman–Crippen MR) is 84.9 cm³/mol. The molecule has 23 heavy (non-hydrogen) atoms. The SMILES string of the molecule is O=C1NC(=O)N(Cc2ccco2)C(=O)/C1=C/c1ccc(Br)cc1. The van der Waals surface area contributed by atoms with Gasteiger partial charge in [0.2, 0.25) is 0 Å². The van der Waals surface area contributed by atoms with Crippen LogP contribution < -0.4 is 5.32 Å². The van der Waals surface area contributed by atoms with Crippen molar-refractivity contribution in [3.05, 3.63) is 64.0 Å². The summed E-state index contributed by atoms with van der Waals surface area (Å²) in [5.41, 5.74) is 0.581. The fourth-order valence-corrected chi connectivity index (χ4v) is 2.39. The first-order valence-electron chi connectivity index (χ1n) is 6.71. The van der Waals surface area contributed by atoms with Crippen LogP contribution >= 0.6 is 15.9 Å². The first-order chi connectivity index (χ1) is 11.0. The van der Waals surface area contributed by atoms with Crippen LogP contribution in [-0.4, -0.2) is 22.7 Å². The Morgan fingerprint density at radius 2 is 1.87 bits per heavy atom. The summed E-state index contributed by atoms with van der Waals surface area (Å²) in [6, 6.07) is 9.65. The fraction of sp³-hybridized carbons (Fsp3) is 0.0625. The second-order valence-electron chi connectivity index (χ2n) is 4.84. The molecular weight excluding hydrogens is 364 g/mol. The number of furan rings is 1. The molecule has 0 atom stereocenters. The Hall–Kier alpha value is -2.67. The minimum absolute atomic E-state index is 0.0391. The number of carbonyl (C=O) groups excluding carboxylic acids is 3. The molecular formula is C16H11BrN2O4. The number of nitrogens with one attached hydrogen (secondary N) is 1. The molecule has 0 spiro atoms. The van der Waals surface area contributed by atoms with E-state index in [0.717, 1.165) is 9.37 Å². The molecule has 0 aliphatic carbocycles. The molecule has 1 saturated heterocycles. The number of hydrogen-bond donors (Lipinski definition) is 1. The quantitative estimate of drug-likeness (QED) is 0.661. The number of amides is 4. The summed E-state index contributed by atoms with van der Waals surface area (Å²) >= 11 is 3.31. The largest absolute Gasteiger partial charge is 0.467 e. The predicted octanol–water partition coefficient (Wildman–Crippen LogP) is 2.70. The number of rotatable bonds is 3. The van der Waals surface area contributed by atoms with Gasteiger partial charge in [0.05, 0.1) is 12.8 Å². The molecule has 3 rings (SSSR count). The van der Waals surface area contributed by atoms with Crippen molar-refractivity contribution in [3.8, 4) is 0 Å². The smallest absolute Gasteiger partial charge is 0.331 e. The van der Waals surface area contributed by atoms with Gasteiger partial charge >= 0.3 is 6.03 Å². The van der Waals surface area contributed by atoms with E-state index in [0.29, 0.717) is 11.3 Å². The second kappa shape index (κ2) is 6.21. The Morgan fingerprint density at radius 3 is 2.52 bits per heavy atom. The van der Waals surface area contributed by atoms with Crippen molar-refractivity contribution in [2.75, 3.05) is 0 Å². The van der Waals surface area contributed by atoms with Gasteiger partial charge in [-0.25, -0.2) is 4.79 Å². The minimum atomic E-state index is -0.760. The maximum Gasteiger partial charge on any atom is 0.331 e. The zero-order valence-electron chi connectivity index (χ0n) is 11.8. The lowest BCUT2D eigenvalue weighted by Gasteiger charge is -2.25. The van der Waals surface area contributed by atoms with E-state index in [-0.39, 0.29) is 12.1 Å². The Labute approximate surface area is 139 Å². The van der Waals surface area contributed by atoms with E-state index < -0.39 is 17.8 Å². The zero-order chi connectivity index (χ0) is 16.4. The Kier molecular flexibility index (Phi) is 4.12. The van der Waals surface area contributed by atoms with E-state index in [1.165, 1.54) is 12.3 Å². The molecule has 7 heteroatoms. The van der Waals surface area contributed by atoms with Crippen molar-refractivity contribution in [1.29, 1.82) is 0 Å². The van der Waals surface area contributed by atoms with Crippen molar-refractivity contribution in [2.45, 2.75) is 6.54 Å². The minimum Gasteiger partial charge on any atom is -0.467 e. The van der Waals surface area contributed by atoms with Crippen LogP contribution in [0.15, 0.2) is 57.1 Å². The Balaban J connectivity index is 1.90. The van der Waals surface area contributed by atoms with E-state index in [9.17, 15) is 14.4 Å². The summed E-state index contributed by atoms with van der Waals surface area (Å²) in [5.74, 6) is -0.914. The van der Waals surface area contributed by atoms with Crippen LogP contribution in [0.3, 0.4) is 0 Å². The topological polar surface area (TPSA) is 79.6 Å². The van der Waals surface area contributed by atoms with Crippen LogP contribution in [0.5, 0.6) is 0 Å². The third-order valence-electron chi connectivity index (χ3n) is 3.26. The average molecular weight is 375 g/mol. The lowest BCUT2D eigenvalue weighted by Crippen LogP contribution is -2.53. The standard InChI is InChI=1S/C16H11BrN2O4/c17-11-5-3-10(4-6-11)8-13-14(20)18-16(22)19(15(13)21)9-12-2-1-7-23-12/h1-8H,9H2,(H,18,20,22)/b13-8+. The van der Waals surface area contributed by atoms with E-state index >= 15 is 0 Å². The van der Waals surface area contributed by atoms with Gasteiger partial charge in [-0.1, -0.05) is 28.1 Å². The van der Waals surface area contributed by atoms with Crippen molar-refractivity contribution in [1.82, 2.24) is 10.2 Å². The molecule has 0 bridgehead atoms. The van der Waals surface area contributed by atoms with Crippen molar-refractivity contribution >= 4 is 39.9 Å². The number of nitrogens with zero attached hydrogens (tertiary/aromatic N) is 1. The molecule has 1 aromatic carbocycles. The second-order valence-corrected chi connectivity index (χ2v) is 5.76. The van der Waals surface area contributed by atoms with Gasteiger partial charge < -0.3 is 4.42 Å². The van der Waals surface area contributed by atoms with Gasteiger partial charge in [0.25, 0.3) is 11.8 Å². The third kappa shape index (κ3) is 3.24. The number of halogens is 1. The zero-order valence-corrected chi connectivity index (χ0v) is 13.4. The van der Waals surface area contributed by atoms with Gasteiger partial charge in [-0.05, 0) is 35.9 Å². The first kappa shape index (κ1) is 15.2. The summed E-state index contributed by atoms with van der Waals surface area (Å²) in [5, 5.41) is 2.16. The van der Waals surface area contributed by atoms with Crippen molar-refractivity contribution in [3.63, 3.8) is 0 Å². The maximum atomic E-state index is 12.5. The lowest BCUT2D eigenvalue weighted by atomic mass is 10.1. The normalized spacial score (nSPS) is 16.8. The number of imide groups is 2. The highest BCUT2D eigenvalue weighted by Gasteiger charge is 2.36. The van der Waals surface area contributed by atoms with Gasteiger partial charge in [-0.15, -0.1) is 0 Å². The Bertz CT molecular complexity index is 794. The molecule has 1 aliphatic heterocycles. The first-order valence-corrected chi connectivity index (χ1v) is 7.51. The number of urea groups is 1. The van der Waals surface area contributed by atoms with E-state index in [1.807, 2.05) is 0 Å². The number of hydrogen-bond acceptors (Lipinski definition) is 4. The molecule has 0 saturated carbocycles. The van der Waals surface area contributed by atoms with Gasteiger partial charge in [0.1, 0.15) is 11.3 Å². The van der Waals surface area contributed by atoms with Crippen LogP contribution in [0, 0.1) is 0 Å². The summed E-state index contributed by atoms with van der Waals surface area (Å²) in [7, 11) is 0. The van der Waals surface area contributed by atoms with E-state index in [1.54, 1.807) is 36.4 Å². The summed E-state index contributed by atoms with van der Waals surface area (Å²) in [6.07, 6.45) is 2.90. The van der Waals surface area contributed by atoms with Gasteiger partial charge in [0, 0.05) is 4.47 Å². The monoisotopic (exact) mass is 374 g/mol. The molecule has 1 N–H and O–H groups in total. The van der Waals surface area contributed by atoms with Gasteiger partial charge in [-0.2, -0.15) is 0 Å². The highest BCUT2D eigenvalue weighted by atomic mass is 79.9. The highest BCUT2D eigenvalue weighted by molar-refractivity contribution is 9.10. The number of carbonyl (C=O) groups is 3. The molecule has 2 heterocycles. The molecule has 116 valence electrons. The van der Waals surface area contributed by atoms with Gasteiger partial charge in [-0.3, -0.25) is 19.8 Å². The summed E-state index contributed by atoms with van der Waals surface area (Å²) < 4.78 is 6.03. The Morgan fingerprint density at radius 1 is 1.13 bits per heavy atom. The van der Waals surface area contributed by atoms with Crippen LogP contribution in [0.25, 0.3) is 6.08 Å². The molecule has 0 unspecified atom stereocenters. The lowest BCUT2D eigenvalue weighted by molar-refractivity contribution is -0.130. The average Bonchev–Trinajstić information content (AvgIpc) is 3.03. The highest BCUT2D eigenvalue weighted by Crippen LogP contribution is 2.18. The molecule has 1 fully saturated rings. The van der Waals surface area contributed by atoms with Crippen LogP contribution in [0.2, 0.25) is 0 Å². The fourth-order valence-electron chi connectivity index (χ4n) is 2.12. The van der Waals surface area contributed by atoms with E-state index in [4.69, 9.17) is 4.42 Å². The molecule has 4 amide bonds. The van der Waals surface area contributed by atoms with Crippen LogP contribution in [0.1, 0.15) is 11.3 Å². The van der Waals surface area contributed by atoms with Crippen LogP contribution in [-0.2, 0) is 16.1 Å².